The van der Waals surface area contributed by atoms with E-state index in [9.17, 15) is 10.2 Å². The van der Waals surface area contributed by atoms with Gasteiger partial charge < -0.3 is 10.2 Å². The fourth-order valence-electron chi connectivity index (χ4n) is 2.91. The predicted molar refractivity (Wildman–Crippen MR) is 77.0 cm³/mol. The number of hydrogen-bond donors (Lipinski definition) is 2. The summed E-state index contributed by atoms with van der Waals surface area (Å²) in [5, 5.41) is 20.8. The minimum atomic E-state index is -0.803. The van der Waals surface area contributed by atoms with E-state index in [1.165, 1.54) is 0 Å². The van der Waals surface area contributed by atoms with Crippen molar-refractivity contribution in [2.24, 2.45) is 0 Å². The number of rotatable bonds is 4. The second kappa shape index (κ2) is 5.55. The van der Waals surface area contributed by atoms with Gasteiger partial charge in [-0.3, -0.25) is 0 Å². The second-order valence-electron chi connectivity index (χ2n) is 4.95. The maximum atomic E-state index is 10.4. The average Bonchev–Trinajstić information content (AvgIpc) is 2.41. The van der Waals surface area contributed by atoms with E-state index in [2.05, 4.69) is 0 Å². The van der Waals surface area contributed by atoms with Crippen LogP contribution in [0.25, 0.3) is 0 Å². The molecule has 2 heteroatoms. The van der Waals surface area contributed by atoms with E-state index in [0.717, 1.165) is 11.1 Å². The van der Waals surface area contributed by atoms with Gasteiger partial charge in [-0.25, -0.2) is 0 Å². The maximum Gasteiger partial charge on any atom is 0.0715 e. The van der Waals surface area contributed by atoms with Crippen LogP contribution in [0.1, 0.15) is 25.0 Å². The zero-order valence-corrected chi connectivity index (χ0v) is 11.3. The molecule has 19 heavy (non-hydrogen) atoms. The highest BCUT2D eigenvalue weighted by atomic mass is 16.3. The number of benzene rings is 2. The number of aliphatic hydroxyl groups is 2. The summed E-state index contributed by atoms with van der Waals surface area (Å²) in [6.07, 6.45) is -1.39. The molecule has 2 aromatic carbocycles. The molecule has 2 unspecified atom stereocenters. The first-order chi connectivity index (χ1) is 9.10. The molecule has 2 N–H and O–H groups in total. The van der Waals surface area contributed by atoms with Crippen LogP contribution in [0.2, 0.25) is 0 Å². The Morgan fingerprint density at radius 3 is 1.26 bits per heavy atom. The highest BCUT2D eigenvalue weighted by molar-refractivity contribution is 5.42. The Labute approximate surface area is 114 Å². The van der Waals surface area contributed by atoms with Crippen molar-refractivity contribution >= 4 is 0 Å². The summed E-state index contributed by atoms with van der Waals surface area (Å²) in [6, 6.07) is 19.4. The molecule has 0 spiro atoms. The van der Waals surface area contributed by atoms with Crippen molar-refractivity contribution in [3.8, 4) is 0 Å². The highest BCUT2D eigenvalue weighted by Crippen LogP contribution is 2.38. The van der Waals surface area contributed by atoms with Crippen molar-refractivity contribution in [3.05, 3.63) is 71.8 Å². The Morgan fingerprint density at radius 1 is 0.684 bits per heavy atom. The van der Waals surface area contributed by atoms with Crippen LogP contribution >= 0.6 is 0 Å². The molecule has 2 rings (SSSR count). The monoisotopic (exact) mass is 256 g/mol. The topological polar surface area (TPSA) is 40.5 Å². The predicted octanol–water partition coefficient (Wildman–Crippen LogP) is 2.73. The van der Waals surface area contributed by atoms with E-state index in [0.29, 0.717) is 0 Å². The van der Waals surface area contributed by atoms with Gasteiger partial charge in [0, 0.05) is 0 Å². The van der Waals surface area contributed by atoms with E-state index in [1.54, 1.807) is 13.8 Å². The first kappa shape index (κ1) is 13.8. The Bertz CT molecular complexity index is 454. The molecule has 0 saturated heterocycles. The lowest BCUT2D eigenvalue weighted by atomic mass is 9.67. The van der Waals surface area contributed by atoms with Crippen LogP contribution in [0.5, 0.6) is 0 Å². The van der Waals surface area contributed by atoms with Gasteiger partial charge in [0.2, 0.25) is 0 Å². The van der Waals surface area contributed by atoms with Crippen LogP contribution in [0.3, 0.4) is 0 Å². The van der Waals surface area contributed by atoms with Crippen LogP contribution in [-0.4, -0.2) is 22.4 Å². The minimum Gasteiger partial charge on any atom is -0.392 e. The molecule has 0 aromatic heterocycles. The third kappa shape index (κ3) is 2.29. The zero-order chi connectivity index (χ0) is 13.9. The van der Waals surface area contributed by atoms with E-state index in [4.69, 9.17) is 0 Å². The summed E-state index contributed by atoms with van der Waals surface area (Å²) in [7, 11) is 0. The summed E-state index contributed by atoms with van der Waals surface area (Å²) in [5.74, 6) is 0. The molecular formula is C17H20O2. The first-order valence-electron chi connectivity index (χ1n) is 6.57. The number of aliphatic hydroxyl groups excluding tert-OH is 2. The second-order valence-corrected chi connectivity index (χ2v) is 4.95. The lowest BCUT2D eigenvalue weighted by Crippen LogP contribution is -2.47. The van der Waals surface area contributed by atoms with E-state index < -0.39 is 17.6 Å². The molecule has 0 aliphatic rings. The van der Waals surface area contributed by atoms with Crippen molar-refractivity contribution in [2.75, 3.05) is 0 Å². The molecule has 100 valence electrons. The molecule has 0 saturated carbocycles. The summed E-state index contributed by atoms with van der Waals surface area (Å²) in [5.41, 5.74) is 1.04. The molecule has 0 fully saturated rings. The Balaban J connectivity index is 2.69. The smallest absolute Gasteiger partial charge is 0.0715 e. The molecule has 2 nitrogen and oxygen atoms in total. The van der Waals surface area contributed by atoms with Gasteiger partial charge in [0.15, 0.2) is 0 Å². The molecule has 0 aliphatic carbocycles. The van der Waals surface area contributed by atoms with Crippen LogP contribution in [-0.2, 0) is 5.41 Å². The van der Waals surface area contributed by atoms with Gasteiger partial charge in [-0.1, -0.05) is 60.7 Å². The fourth-order valence-corrected chi connectivity index (χ4v) is 2.91. The fraction of sp³-hybridized carbons (Fsp3) is 0.294. The molecule has 0 bridgehead atoms. The highest BCUT2D eigenvalue weighted by Gasteiger charge is 2.43. The Kier molecular flexibility index (Phi) is 4.03. The summed E-state index contributed by atoms with van der Waals surface area (Å²) < 4.78 is 0. The van der Waals surface area contributed by atoms with Crippen molar-refractivity contribution in [1.29, 1.82) is 0 Å². The molecule has 0 amide bonds. The van der Waals surface area contributed by atoms with Gasteiger partial charge >= 0.3 is 0 Å². The molecular weight excluding hydrogens is 236 g/mol. The standard InChI is InChI=1S/C17H20O2/c1-13(18)17(14(2)19,15-9-5-3-6-10-15)16-11-7-4-8-12-16/h3-14,18-19H,1-2H3. The van der Waals surface area contributed by atoms with Crippen LogP contribution < -0.4 is 0 Å². The molecule has 0 aliphatic heterocycles. The van der Waals surface area contributed by atoms with E-state index in [1.807, 2.05) is 60.7 Å². The van der Waals surface area contributed by atoms with Crippen LogP contribution in [0.15, 0.2) is 60.7 Å². The van der Waals surface area contributed by atoms with Gasteiger partial charge in [0.05, 0.1) is 17.6 Å². The van der Waals surface area contributed by atoms with E-state index in [-0.39, 0.29) is 0 Å². The third-order valence-corrected chi connectivity index (χ3v) is 3.82. The quantitative estimate of drug-likeness (QED) is 0.883. The van der Waals surface area contributed by atoms with Crippen molar-refractivity contribution in [3.63, 3.8) is 0 Å². The van der Waals surface area contributed by atoms with Crippen molar-refractivity contribution < 1.29 is 10.2 Å². The zero-order valence-electron chi connectivity index (χ0n) is 11.3. The Morgan fingerprint density at radius 2 is 1.00 bits per heavy atom. The van der Waals surface area contributed by atoms with Crippen LogP contribution in [0.4, 0.5) is 0 Å². The molecule has 2 aromatic rings. The summed E-state index contributed by atoms with van der Waals surface area (Å²) >= 11 is 0. The normalized spacial score (nSPS) is 14.9. The first-order valence-corrected chi connectivity index (χ1v) is 6.57. The van der Waals surface area contributed by atoms with Gasteiger partial charge in [0.1, 0.15) is 0 Å². The summed E-state index contributed by atoms with van der Waals surface area (Å²) in [6.45, 7) is 3.46. The summed E-state index contributed by atoms with van der Waals surface area (Å²) in [4.78, 5) is 0. The van der Waals surface area contributed by atoms with Crippen molar-refractivity contribution in [1.82, 2.24) is 0 Å². The maximum absolute atomic E-state index is 10.4. The third-order valence-electron chi connectivity index (χ3n) is 3.82. The SMILES string of the molecule is CC(O)C(c1ccccc1)(c1ccccc1)C(C)O. The minimum absolute atomic E-state index is 0.697. The average molecular weight is 256 g/mol. The lowest BCUT2D eigenvalue weighted by Gasteiger charge is -2.40. The molecule has 0 heterocycles. The largest absolute Gasteiger partial charge is 0.392 e. The van der Waals surface area contributed by atoms with Gasteiger partial charge in [-0.15, -0.1) is 0 Å². The van der Waals surface area contributed by atoms with Gasteiger partial charge in [-0.05, 0) is 25.0 Å². The molecule has 0 radical (unpaired) electrons. The van der Waals surface area contributed by atoms with Crippen molar-refractivity contribution in [2.45, 2.75) is 31.5 Å². The lowest BCUT2D eigenvalue weighted by molar-refractivity contribution is 0.0251. The Hall–Kier alpha value is -1.64. The number of hydrogen-bond acceptors (Lipinski definition) is 2. The van der Waals surface area contributed by atoms with Crippen LogP contribution in [0, 0.1) is 0 Å². The van der Waals surface area contributed by atoms with E-state index >= 15 is 0 Å². The van der Waals surface area contributed by atoms with Gasteiger partial charge in [-0.2, -0.15) is 0 Å². The van der Waals surface area contributed by atoms with Gasteiger partial charge in [0.25, 0.3) is 0 Å². The molecule has 2 atom stereocenters.